The Kier molecular flexibility index (Phi) is 8.73. The van der Waals surface area contributed by atoms with Gasteiger partial charge >= 0.3 is 11.8 Å². The number of benzene rings is 2. The minimum Gasteiger partial charge on any atom is -0.443 e. The molecule has 0 saturated carbocycles. The molecule has 13 heteroatoms. The molecule has 0 spiro atoms. The van der Waals surface area contributed by atoms with E-state index in [1.807, 2.05) is 28.8 Å². The Morgan fingerprint density at radius 2 is 2.02 bits per heavy atom. The van der Waals surface area contributed by atoms with Gasteiger partial charge in [-0.25, -0.2) is 17.7 Å². The standard InChI is InChI=1S/C37H38ClF3N7O2/c1-46(18-23-10-13-47(19-23)29(49)9-6-22-15-42-16-22)35-27-17-43-33(26-5-2-4-24-7-8-28(40)31(38)30(24)26)32(41)34(27)44-36(45-35)50-21-37-11-3-12-48(37)20-25(39)14-37/h2,4-9,17-18,22-23,25,42H,3,10-16,19-21H2,1H3/q+1/b9-6+,46-18-/t23?,25-,37+/m1/s1. The fourth-order valence-corrected chi connectivity index (χ4v) is 8.24. The molecular weight excluding hydrogens is 667 g/mol. The van der Waals surface area contributed by atoms with E-state index in [9.17, 15) is 13.6 Å². The number of ether oxygens (including phenoxy) is 1. The van der Waals surface area contributed by atoms with Crippen LogP contribution < -0.4 is 10.1 Å². The first-order valence-corrected chi connectivity index (χ1v) is 17.6. The summed E-state index contributed by atoms with van der Waals surface area (Å²) in [5, 5.41) is 4.42. The number of hydrogen-bond donors (Lipinski definition) is 1. The highest BCUT2D eigenvalue weighted by atomic mass is 35.5. The van der Waals surface area contributed by atoms with Gasteiger partial charge in [0.1, 0.15) is 35.2 Å². The van der Waals surface area contributed by atoms with Gasteiger partial charge < -0.3 is 15.0 Å². The van der Waals surface area contributed by atoms with E-state index in [2.05, 4.69) is 20.2 Å². The summed E-state index contributed by atoms with van der Waals surface area (Å²) >= 11 is 6.41. The number of aromatic nitrogens is 3. The highest BCUT2D eigenvalue weighted by molar-refractivity contribution is 6.36. The van der Waals surface area contributed by atoms with Crippen molar-refractivity contribution in [3.05, 3.63) is 65.3 Å². The van der Waals surface area contributed by atoms with Crippen LogP contribution in [-0.2, 0) is 4.79 Å². The number of likely N-dealkylation sites (tertiary alicyclic amines) is 1. The molecule has 3 atom stereocenters. The van der Waals surface area contributed by atoms with Crippen LogP contribution in [0.4, 0.5) is 19.0 Å². The topological polar surface area (TPSA) is 86.5 Å². The molecule has 50 heavy (non-hydrogen) atoms. The van der Waals surface area contributed by atoms with Gasteiger partial charge in [0.05, 0.1) is 23.8 Å². The smallest absolute Gasteiger partial charge is 0.434 e. The third-order valence-electron chi connectivity index (χ3n) is 10.7. The first-order valence-electron chi connectivity index (χ1n) is 17.2. The van der Waals surface area contributed by atoms with Gasteiger partial charge in [-0.1, -0.05) is 41.9 Å². The lowest BCUT2D eigenvalue weighted by molar-refractivity contribution is -0.405. The van der Waals surface area contributed by atoms with E-state index in [0.29, 0.717) is 59.5 Å². The summed E-state index contributed by atoms with van der Waals surface area (Å²) in [6.07, 6.45) is 9.08. The van der Waals surface area contributed by atoms with Gasteiger partial charge in [0.15, 0.2) is 5.82 Å². The predicted octanol–water partition coefficient (Wildman–Crippen LogP) is 5.70. The second-order valence-corrected chi connectivity index (χ2v) is 14.4. The Morgan fingerprint density at radius 1 is 1.16 bits per heavy atom. The molecule has 0 aliphatic carbocycles. The summed E-state index contributed by atoms with van der Waals surface area (Å²) in [6, 6.07) is 7.99. The van der Waals surface area contributed by atoms with Crippen molar-refractivity contribution in [2.24, 2.45) is 11.8 Å². The number of amides is 1. The minimum absolute atomic E-state index is 0.00592. The van der Waals surface area contributed by atoms with E-state index >= 15 is 4.39 Å². The van der Waals surface area contributed by atoms with Crippen molar-refractivity contribution < 1.29 is 27.3 Å². The Balaban J connectivity index is 1.16. The van der Waals surface area contributed by atoms with Crippen molar-refractivity contribution in [3.8, 4) is 17.3 Å². The van der Waals surface area contributed by atoms with Crippen LogP contribution in [0.15, 0.2) is 48.7 Å². The molecule has 4 saturated heterocycles. The lowest BCUT2D eigenvalue weighted by Gasteiger charge is -2.30. The number of hydrogen-bond acceptors (Lipinski definition) is 7. The van der Waals surface area contributed by atoms with Crippen LogP contribution in [0, 0.1) is 23.5 Å². The number of pyridine rings is 1. The van der Waals surface area contributed by atoms with Gasteiger partial charge in [0, 0.05) is 73.1 Å². The molecule has 4 aliphatic heterocycles. The Morgan fingerprint density at radius 3 is 2.84 bits per heavy atom. The minimum atomic E-state index is -0.931. The molecule has 4 aliphatic rings. The molecule has 1 unspecified atom stereocenters. The number of nitrogens with zero attached hydrogens (tertiary/aromatic N) is 6. The number of rotatable bonds is 8. The number of carbonyl (C=O) groups is 1. The molecule has 4 aromatic rings. The average Bonchev–Trinajstić information content (AvgIpc) is 3.79. The van der Waals surface area contributed by atoms with Gasteiger partial charge in [-0.15, -0.1) is 0 Å². The van der Waals surface area contributed by atoms with Crippen LogP contribution in [0.3, 0.4) is 0 Å². The highest BCUT2D eigenvalue weighted by Gasteiger charge is 2.49. The summed E-state index contributed by atoms with van der Waals surface area (Å²) in [6.45, 7) is 4.31. The van der Waals surface area contributed by atoms with E-state index in [4.69, 9.17) is 21.3 Å². The van der Waals surface area contributed by atoms with Gasteiger partial charge in [-0.3, -0.25) is 14.7 Å². The quantitative estimate of drug-likeness (QED) is 0.143. The van der Waals surface area contributed by atoms with E-state index < -0.39 is 23.3 Å². The summed E-state index contributed by atoms with van der Waals surface area (Å²) in [5.74, 6) is -0.543. The summed E-state index contributed by atoms with van der Waals surface area (Å²) in [7, 11) is 1.82. The van der Waals surface area contributed by atoms with Gasteiger partial charge in [0.2, 0.25) is 5.91 Å². The fourth-order valence-electron chi connectivity index (χ4n) is 7.96. The maximum atomic E-state index is 16.8. The predicted molar refractivity (Wildman–Crippen MR) is 186 cm³/mol. The third-order valence-corrected chi connectivity index (χ3v) is 11.1. The van der Waals surface area contributed by atoms with E-state index in [1.54, 1.807) is 30.3 Å². The highest BCUT2D eigenvalue weighted by Crippen LogP contribution is 2.41. The second kappa shape index (κ2) is 13.2. The lowest BCUT2D eigenvalue weighted by atomic mass is 9.95. The molecule has 8 rings (SSSR count). The van der Waals surface area contributed by atoms with Crippen LogP contribution in [-0.4, -0.2) is 106 Å². The molecule has 6 heterocycles. The van der Waals surface area contributed by atoms with Crippen LogP contribution in [0.2, 0.25) is 5.02 Å². The van der Waals surface area contributed by atoms with Crippen LogP contribution >= 0.6 is 11.6 Å². The molecular formula is C37H38ClF3N7O2+. The van der Waals surface area contributed by atoms with E-state index in [1.165, 1.54) is 12.3 Å². The molecule has 9 nitrogen and oxygen atoms in total. The lowest BCUT2D eigenvalue weighted by Crippen LogP contribution is -2.43. The van der Waals surface area contributed by atoms with Crippen LogP contribution in [0.25, 0.3) is 32.9 Å². The third kappa shape index (κ3) is 6.01. The zero-order chi connectivity index (χ0) is 34.6. The molecule has 2 aromatic heterocycles. The Hall–Kier alpha value is -4.13. The zero-order valence-corrected chi connectivity index (χ0v) is 28.5. The van der Waals surface area contributed by atoms with Crippen molar-refractivity contribution in [2.45, 2.75) is 37.4 Å². The number of alkyl halides is 1. The van der Waals surface area contributed by atoms with Crippen molar-refractivity contribution in [3.63, 3.8) is 0 Å². The van der Waals surface area contributed by atoms with E-state index in [0.717, 1.165) is 38.9 Å². The zero-order valence-electron chi connectivity index (χ0n) is 27.7. The van der Waals surface area contributed by atoms with E-state index in [-0.39, 0.29) is 40.7 Å². The number of carbonyl (C=O) groups excluding carboxylic acids is 1. The van der Waals surface area contributed by atoms with Crippen molar-refractivity contribution in [1.82, 2.24) is 30.1 Å². The van der Waals surface area contributed by atoms with Gasteiger partial charge in [-0.2, -0.15) is 4.98 Å². The molecule has 1 N–H and O–H groups in total. The molecule has 4 fully saturated rings. The largest absolute Gasteiger partial charge is 0.443 e. The second-order valence-electron chi connectivity index (χ2n) is 14.0. The number of halogens is 4. The van der Waals surface area contributed by atoms with Gasteiger partial charge in [0.25, 0.3) is 0 Å². The molecule has 2 aromatic carbocycles. The normalized spacial score (nSPS) is 24.5. The van der Waals surface area contributed by atoms with Crippen LogP contribution in [0.5, 0.6) is 6.01 Å². The van der Waals surface area contributed by atoms with Crippen molar-refractivity contribution in [2.75, 3.05) is 52.9 Å². The molecule has 0 radical (unpaired) electrons. The SMILES string of the molecule is C/[N+](=C/C1CCN(C(=O)/C=C/C2CNC2)C1)c1nc(OC[C@@]23CCCN2C[C@H](F)C3)nc2c(F)c(-c3cccc4ccc(F)c(Cl)c34)ncc12. The first kappa shape index (κ1) is 33.0. The maximum Gasteiger partial charge on any atom is 0.434 e. The summed E-state index contributed by atoms with van der Waals surface area (Å²) < 4.78 is 53.9. The molecule has 1 amide bonds. The Labute approximate surface area is 292 Å². The van der Waals surface area contributed by atoms with Crippen LogP contribution in [0.1, 0.15) is 25.7 Å². The fraction of sp³-hybridized carbons (Fsp3) is 0.432. The first-order chi connectivity index (χ1) is 24.2. The average molecular weight is 705 g/mol. The number of fused-ring (bicyclic) bond motifs is 3. The summed E-state index contributed by atoms with van der Waals surface area (Å²) in [5.41, 5.74) is -0.183. The van der Waals surface area contributed by atoms with Crippen molar-refractivity contribution >= 4 is 51.2 Å². The maximum absolute atomic E-state index is 16.8. The van der Waals surface area contributed by atoms with Gasteiger partial charge in [-0.05, 0) is 43.3 Å². The number of nitrogens with one attached hydrogen (secondary N) is 1. The van der Waals surface area contributed by atoms with Crippen molar-refractivity contribution in [1.29, 1.82) is 0 Å². The Bertz CT molecular complexity index is 2060. The summed E-state index contributed by atoms with van der Waals surface area (Å²) in [4.78, 5) is 30.6. The molecule has 0 bridgehead atoms. The molecule has 260 valence electrons. The monoisotopic (exact) mass is 704 g/mol.